The van der Waals surface area contributed by atoms with Gasteiger partial charge in [0.2, 0.25) is 0 Å². The fourth-order valence-electron chi connectivity index (χ4n) is 1.19. The molecule has 0 radical (unpaired) electrons. The first kappa shape index (κ1) is 12.0. The average Bonchev–Trinajstić information content (AvgIpc) is 2.17. The minimum Gasteiger partial charge on any atom is -0.478 e. The number of rotatable bonds is 3. The Bertz CT molecular complexity index is 413. The SMILES string of the molecule is C=C/C(=C\c1c(C)cccc1I)C(=O)O. The Kier molecular flexibility index (Phi) is 4.08. The lowest BCUT2D eigenvalue weighted by Crippen LogP contribution is -1.98. The van der Waals surface area contributed by atoms with Gasteiger partial charge in [0.1, 0.15) is 0 Å². The number of carbonyl (C=O) groups is 1. The van der Waals surface area contributed by atoms with Gasteiger partial charge in [-0.1, -0.05) is 24.8 Å². The van der Waals surface area contributed by atoms with E-state index < -0.39 is 5.97 Å². The molecule has 0 atom stereocenters. The molecule has 1 aromatic rings. The summed E-state index contributed by atoms with van der Waals surface area (Å²) < 4.78 is 1.04. The molecule has 78 valence electrons. The average molecular weight is 314 g/mol. The van der Waals surface area contributed by atoms with Gasteiger partial charge >= 0.3 is 5.97 Å². The van der Waals surface area contributed by atoms with Gasteiger partial charge in [0.05, 0.1) is 5.57 Å². The van der Waals surface area contributed by atoms with Crippen LogP contribution >= 0.6 is 22.6 Å². The first-order valence-electron chi connectivity index (χ1n) is 4.39. The summed E-state index contributed by atoms with van der Waals surface area (Å²) in [6.07, 6.45) is 3.00. The maximum absolute atomic E-state index is 10.8. The van der Waals surface area contributed by atoms with Gasteiger partial charge in [-0.05, 0) is 52.8 Å². The molecule has 0 saturated carbocycles. The van der Waals surface area contributed by atoms with Crippen molar-refractivity contribution in [2.45, 2.75) is 6.92 Å². The predicted octanol–water partition coefficient (Wildman–Crippen LogP) is 3.25. The molecule has 1 N–H and O–H groups in total. The normalized spacial score (nSPS) is 11.2. The third kappa shape index (κ3) is 2.92. The first-order valence-corrected chi connectivity index (χ1v) is 5.46. The third-order valence-electron chi connectivity index (χ3n) is 2.04. The molecule has 0 aliphatic rings. The minimum absolute atomic E-state index is 0.210. The van der Waals surface area contributed by atoms with Crippen molar-refractivity contribution in [2.24, 2.45) is 0 Å². The number of hydrogen-bond donors (Lipinski definition) is 1. The van der Waals surface area contributed by atoms with Gasteiger partial charge in [-0.3, -0.25) is 0 Å². The van der Waals surface area contributed by atoms with Crippen molar-refractivity contribution < 1.29 is 9.90 Å². The zero-order chi connectivity index (χ0) is 11.4. The molecule has 0 bridgehead atoms. The second kappa shape index (κ2) is 5.11. The maximum atomic E-state index is 10.8. The second-order valence-electron chi connectivity index (χ2n) is 3.08. The highest BCUT2D eigenvalue weighted by Crippen LogP contribution is 2.19. The Morgan fingerprint density at radius 1 is 1.53 bits per heavy atom. The molecule has 0 saturated heterocycles. The standard InChI is InChI=1S/C12H11IO2/c1-3-9(12(14)15)7-10-8(2)5-4-6-11(10)13/h3-7H,1H2,2H3,(H,14,15)/b9-7+. The van der Waals surface area contributed by atoms with E-state index in [1.165, 1.54) is 6.08 Å². The highest BCUT2D eigenvalue weighted by atomic mass is 127. The quantitative estimate of drug-likeness (QED) is 0.528. The van der Waals surface area contributed by atoms with Crippen LogP contribution in [0.2, 0.25) is 0 Å². The summed E-state index contributed by atoms with van der Waals surface area (Å²) in [6.45, 7) is 5.44. The van der Waals surface area contributed by atoms with Crippen LogP contribution in [0.1, 0.15) is 11.1 Å². The van der Waals surface area contributed by atoms with Crippen LogP contribution in [0.25, 0.3) is 6.08 Å². The van der Waals surface area contributed by atoms with E-state index in [4.69, 9.17) is 5.11 Å². The van der Waals surface area contributed by atoms with Crippen LogP contribution in [-0.2, 0) is 4.79 Å². The molecule has 0 aliphatic heterocycles. The van der Waals surface area contributed by atoms with Gasteiger partial charge in [0.25, 0.3) is 0 Å². The number of halogens is 1. The summed E-state index contributed by atoms with van der Waals surface area (Å²) in [7, 11) is 0. The molecule has 0 aliphatic carbocycles. The summed E-state index contributed by atoms with van der Waals surface area (Å²) in [5.74, 6) is -0.955. The zero-order valence-electron chi connectivity index (χ0n) is 8.33. The number of aliphatic carboxylic acids is 1. The van der Waals surface area contributed by atoms with Crippen LogP contribution in [0.3, 0.4) is 0 Å². The molecular formula is C12H11IO2. The van der Waals surface area contributed by atoms with Crippen LogP contribution in [0, 0.1) is 10.5 Å². The van der Waals surface area contributed by atoms with E-state index in [0.29, 0.717) is 0 Å². The number of benzene rings is 1. The second-order valence-corrected chi connectivity index (χ2v) is 4.24. The van der Waals surface area contributed by atoms with Gasteiger partial charge in [0, 0.05) is 3.57 Å². The smallest absolute Gasteiger partial charge is 0.335 e. The topological polar surface area (TPSA) is 37.3 Å². The Labute approximate surface area is 102 Å². The fourth-order valence-corrected chi connectivity index (χ4v) is 1.98. The van der Waals surface area contributed by atoms with E-state index in [-0.39, 0.29) is 5.57 Å². The number of carboxylic acids is 1. The van der Waals surface area contributed by atoms with Crippen LogP contribution in [0.15, 0.2) is 36.4 Å². The van der Waals surface area contributed by atoms with Crippen LogP contribution in [0.5, 0.6) is 0 Å². The summed E-state index contributed by atoms with van der Waals surface area (Å²) in [4.78, 5) is 10.8. The Morgan fingerprint density at radius 2 is 2.20 bits per heavy atom. The lowest BCUT2D eigenvalue weighted by Gasteiger charge is -2.04. The summed E-state index contributed by atoms with van der Waals surface area (Å²) in [5.41, 5.74) is 2.21. The van der Waals surface area contributed by atoms with Gasteiger partial charge in [-0.25, -0.2) is 4.79 Å². The van der Waals surface area contributed by atoms with Crippen molar-refractivity contribution in [1.82, 2.24) is 0 Å². The summed E-state index contributed by atoms with van der Waals surface area (Å²) in [6, 6.07) is 5.85. The van der Waals surface area contributed by atoms with E-state index in [9.17, 15) is 4.79 Å². The predicted molar refractivity (Wildman–Crippen MR) is 69.7 cm³/mol. The van der Waals surface area contributed by atoms with Crippen molar-refractivity contribution in [1.29, 1.82) is 0 Å². The largest absolute Gasteiger partial charge is 0.478 e. The highest BCUT2D eigenvalue weighted by Gasteiger charge is 2.05. The molecule has 1 rings (SSSR count). The lowest BCUT2D eigenvalue weighted by atomic mass is 10.1. The van der Waals surface area contributed by atoms with Crippen molar-refractivity contribution in [3.8, 4) is 0 Å². The number of carboxylic acid groups (broad SMARTS) is 1. The van der Waals surface area contributed by atoms with E-state index in [0.717, 1.165) is 14.7 Å². The molecule has 0 amide bonds. The zero-order valence-corrected chi connectivity index (χ0v) is 10.5. The van der Waals surface area contributed by atoms with Gasteiger partial charge in [-0.2, -0.15) is 0 Å². The molecule has 0 unspecified atom stereocenters. The minimum atomic E-state index is -0.955. The Morgan fingerprint density at radius 3 is 2.67 bits per heavy atom. The van der Waals surface area contributed by atoms with Gasteiger partial charge in [0.15, 0.2) is 0 Å². The van der Waals surface area contributed by atoms with Crippen molar-refractivity contribution in [3.05, 3.63) is 51.1 Å². The Balaban J connectivity index is 3.28. The molecule has 0 heterocycles. The van der Waals surface area contributed by atoms with E-state index in [2.05, 4.69) is 29.2 Å². The molecule has 3 heteroatoms. The summed E-state index contributed by atoms with van der Waals surface area (Å²) >= 11 is 2.19. The van der Waals surface area contributed by atoms with Gasteiger partial charge in [-0.15, -0.1) is 0 Å². The highest BCUT2D eigenvalue weighted by molar-refractivity contribution is 14.1. The van der Waals surface area contributed by atoms with Crippen LogP contribution < -0.4 is 0 Å². The molecule has 0 fully saturated rings. The van der Waals surface area contributed by atoms with Crippen LogP contribution in [-0.4, -0.2) is 11.1 Å². The van der Waals surface area contributed by atoms with E-state index in [1.54, 1.807) is 6.08 Å². The Hall–Kier alpha value is -1.10. The first-order chi connectivity index (χ1) is 7.06. The van der Waals surface area contributed by atoms with Crippen molar-refractivity contribution >= 4 is 34.6 Å². The lowest BCUT2D eigenvalue weighted by molar-refractivity contribution is -0.132. The molecule has 1 aromatic carbocycles. The van der Waals surface area contributed by atoms with E-state index >= 15 is 0 Å². The van der Waals surface area contributed by atoms with Crippen molar-refractivity contribution in [3.63, 3.8) is 0 Å². The third-order valence-corrected chi connectivity index (χ3v) is 2.98. The molecule has 0 spiro atoms. The van der Waals surface area contributed by atoms with Crippen LogP contribution in [0.4, 0.5) is 0 Å². The number of aryl methyl sites for hydroxylation is 1. The van der Waals surface area contributed by atoms with Crippen molar-refractivity contribution in [2.75, 3.05) is 0 Å². The maximum Gasteiger partial charge on any atom is 0.335 e. The number of hydrogen-bond acceptors (Lipinski definition) is 1. The van der Waals surface area contributed by atoms with Gasteiger partial charge < -0.3 is 5.11 Å². The fraction of sp³-hybridized carbons (Fsp3) is 0.0833. The molecule has 15 heavy (non-hydrogen) atoms. The van der Waals surface area contributed by atoms with E-state index in [1.807, 2.05) is 25.1 Å². The molecular weight excluding hydrogens is 303 g/mol. The molecule has 2 nitrogen and oxygen atoms in total. The summed E-state index contributed by atoms with van der Waals surface area (Å²) in [5, 5.41) is 8.87. The molecule has 0 aromatic heterocycles. The monoisotopic (exact) mass is 314 g/mol.